The summed E-state index contributed by atoms with van der Waals surface area (Å²) in [6.07, 6.45) is 2.06. The van der Waals surface area contributed by atoms with Gasteiger partial charge in [0.1, 0.15) is 4.88 Å². The summed E-state index contributed by atoms with van der Waals surface area (Å²) < 4.78 is 5.36. The minimum atomic E-state index is -0.361. The zero-order valence-corrected chi connectivity index (χ0v) is 15.4. The molecule has 2 rings (SSSR count). The summed E-state index contributed by atoms with van der Waals surface area (Å²) in [4.78, 5) is 16.7. The third kappa shape index (κ3) is 4.37. The maximum absolute atomic E-state index is 12.1. The highest BCUT2D eigenvalue weighted by Gasteiger charge is 2.15. The van der Waals surface area contributed by atoms with Gasteiger partial charge in [-0.3, -0.25) is 4.79 Å². The number of nitrogen functional groups attached to an aromatic ring is 1. The molecule has 9 heteroatoms. The fraction of sp³-hybridized carbons (Fsp3) is 0.267. The first-order chi connectivity index (χ1) is 11.5. The molecule has 0 unspecified atom stereocenters. The standard InChI is InChI=1S/C15H16Cl2N4O2S/c1-3-11-13(24-15(18)20-11)14(22)21-19-7-8-5-9(16)12(23-4-2)10(17)6-8/h5-7H,3-4H2,1-2H3,(H2,18,20)(H,21,22)/b19-7-. The Morgan fingerprint density at radius 2 is 2.08 bits per heavy atom. The summed E-state index contributed by atoms with van der Waals surface area (Å²) >= 11 is 13.4. The van der Waals surface area contributed by atoms with Crippen LogP contribution in [0.3, 0.4) is 0 Å². The zero-order valence-electron chi connectivity index (χ0n) is 13.1. The molecule has 0 aliphatic heterocycles. The zero-order chi connectivity index (χ0) is 17.7. The lowest BCUT2D eigenvalue weighted by Crippen LogP contribution is -2.17. The fourth-order valence-corrected chi connectivity index (χ4v) is 3.36. The van der Waals surface area contributed by atoms with E-state index in [4.69, 9.17) is 33.7 Å². The number of nitrogens with zero attached hydrogens (tertiary/aromatic N) is 2. The molecule has 3 N–H and O–H groups in total. The number of aryl methyl sites for hydroxylation is 1. The van der Waals surface area contributed by atoms with Crippen LogP contribution in [0, 0.1) is 0 Å². The van der Waals surface area contributed by atoms with Crippen molar-refractivity contribution in [1.29, 1.82) is 0 Å². The number of carbonyl (C=O) groups excluding carboxylic acids is 1. The van der Waals surface area contributed by atoms with E-state index in [0.717, 1.165) is 11.3 Å². The molecule has 1 aromatic carbocycles. The molecule has 0 atom stereocenters. The Bertz CT molecular complexity index is 754. The number of nitrogens with one attached hydrogen (secondary N) is 1. The lowest BCUT2D eigenvalue weighted by atomic mass is 10.2. The number of nitrogens with two attached hydrogens (primary N) is 1. The smallest absolute Gasteiger partial charge is 0.283 e. The van der Waals surface area contributed by atoms with Gasteiger partial charge in [0.15, 0.2) is 10.9 Å². The molecule has 6 nitrogen and oxygen atoms in total. The predicted molar refractivity (Wildman–Crippen MR) is 98.6 cm³/mol. The van der Waals surface area contributed by atoms with Gasteiger partial charge in [0, 0.05) is 0 Å². The van der Waals surface area contributed by atoms with E-state index in [9.17, 15) is 4.79 Å². The van der Waals surface area contributed by atoms with Gasteiger partial charge in [-0.2, -0.15) is 5.10 Å². The molecule has 0 aliphatic rings. The molecule has 0 bridgehead atoms. The Kier molecular flexibility index (Phi) is 6.42. The second-order valence-corrected chi connectivity index (χ2v) is 6.47. The van der Waals surface area contributed by atoms with E-state index in [0.29, 0.717) is 50.1 Å². The van der Waals surface area contributed by atoms with Crippen LogP contribution in [0.2, 0.25) is 10.0 Å². The van der Waals surface area contributed by atoms with Crippen molar-refractivity contribution in [3.05, 3.63) is 38.3 Å². The van der Waals surface area contributed by atoms with Crippen LogP contribution >= 0.6 is 34.5 Å². The summed E-state index contributed by atoms with van der Waals surface area (Å²) in [5.41, 5.74) is 9.36. The minimum absolute atomic E-state index is 0.353. The molecule has 0 fully saturated rings. The van der Waals surface area contributed by atoms with E-state index in [1.807, 2.05) is 13.8 Å². The average molecular weight is 387 g/mol. The van der Waals surface area contributed by atoms with Crippen molar-refractivity contribution >= 4 is 51.8 Å². The quantitative estimate of drug-likeness (QED) is 0.584. The molecule has 0 spiro atoms. The summed E-state index contributed by atoms with van der Waals surface area (Å²) in [6.45, 7) is 4.20. The van der Waals surface area contributed by atoms with Crippen LogP contribution in [-0.2, 0) is 6.42 Å². The summed E-state index contributed by atoms with van der Waals surface area (Å²) in [6, 6.07) is 3.30. The largest absolute Gasteiger partial charge is 0.491 e. The van der Waals surface area contributed by atoms with Crippen LogP contribution in [0.15, 0.2) is 17.2 Å². The summed E-state index contributed by atoms with van der Waals surface area (Å²) in [7, 11) is 0. The topological polar surface area (TPSA) is 89.6 Å². The molecule has 2 aromatic rings. The molecule has 1 heterocycles. The molecular formula is C15H16Cl2N4O2S. The number of amides is 1. The molecule has 128 valence electrons. The Morgan fingerprint density at radius 3 is 2.67 bits per heavy atom. The van der Waals surface area contributed by atoms with Crippen LogP contribution in [0.1, 0.15) is 34.8 Å². The molecule has 0 saturated carbocycles. The molecule has 0 saturated heterocycles. The van der Waals surface area contributed by atoms with Crippen molar-refractivity contribution in [2.45, 2.75) is 20.3 Å². The third-order valence-corrected chi connectivity index (χ3v) is 4.43. The first kappa shape index (κ1) is 18.5. The van der Waals surface area contributed by atoms with Crippen molar-refractivity contribution in [2.24, 2.45) is 5.10 Å². The summed E-state index contributed by atoms with van der Waals surface area (Å²) in [5, 5.41) is 5.02. The van der Waals surface area contributed by atoms with Crippen LogP contribution in [0.4, 0.5) is 5.13 Å². The van der Waals surface area contributed by atoms with Crippen molar-refractivity contribution in [3.8, 4) is 5.75 Å². The highest BCUT2D eigenvalue weighted by Crippen LogP contribution is 2.33. The molecule has 1 amide bonds. The van der Waals surface area contributed by atoms with Gasteiger partial charge < -0.3 is 10.5 Å². The Balaban J connectivity index is 2.10. The second kappa shape index (κ2) is 8.32. The van der Waals surface area contributed by atoms with E-state index in [1.165, 1.54) is 6.21 Å². The van der Waals surface area contributed by atoms with Crippen molar-refractivity contribution in [2.75, 3.05) is 12.3 Å². The maximum Gasteiger partial charge on any atom is 0.283 e. The fourth-order valence-electron chi connectivity index (χ4n) is 1.94. The van der Waals surface area contributed by atoms with Crippen LogP contribution < -0.4 is 15.9 Å². The Morgan fingerprint density at radius 1 is 1.42 bits per heavy atom. The number of ether oxygens (including phenoxy) is 1. The molecule has 24 heavy (non-hydrogen) atoms. The van der Waals surface area contributed by atoms with E-state index >= 15 is 0 Å². The first-order valence-electron chi connectivity index (χ1n) is 7.16. The molecule has 0 aliphatic carbocycles. The first-order valence-corrected chi connectivity index (χ1v) is 8.73. The van der Waals surface area contributed by atoms with Crippen molar-refractivity contribution < 1.29 is 9.53 Å². The maximum atomic E-state index is 12.1. The number of anilines is 1. The van der Waals surface area contributed by atoms with Gasteiger partial charge in [-0.25, -0.2) is 10.4 Å². The highest BCUT2D eigenvalue weighted by atomic mass is 35.5. The van der Waals surface area contributed by atoms with Gasteiger partial charge in [0.25, 0.3) is 5.91 Å². The highest BCUT2D eigenvalue weighted by molar-refractivity contribution is 7.17. The SMILES string of the molecule is CCOc1c(Cl)cc(/C=N\NC(=O)c2sc(N)nc2CC)cc1Cl. The predicted octanol–water partition coefficient (Wildman–Crippen LogP) is 3.76. The normalized spacial score (nSPS) is 11.0. The third-order valence-electron chi connectivity index (χ3n) is 2.94. The summed E-state index contributed by atoms with van der Waals surface area (Å²) in [5.74, 6) is 0.0650. The number of thiazole rings is 1. The number of hydrazone groups is 1. The van der Waals surface area contributed by atoms with E-state index in [1.54, 1.807) is 12.1 Å². The Hall–Kier alpha value is -1.83. The average Bonchev–Trinajstić information content (AvgIpc) is 2.92. The van der Waals surface area contributed by atoms with Crippen LogP contribution in [0.5, 0.6) is 5.75 Å². The lowest BCUT2D eigenvalue weighted by Gasteiger charge is -2.08. The number of aromatic nitrogens is 1. The molecule has 0 radical (unpaired) electrons. The van der Waals surface area contributed by atoms with Gasteiger partial charge in [-0.1, -0.05) is 41.5 Å². The minimum Gasteiger partial charge on any atom is -0.491 e. The van der Waals surface area contributed by atoms with Crippen molar-refractivity contribution in [1.82, 2.24) is 10.4 Å². The number of hydrogen-bond acceptors (Lipinski definition) is 6. The number of rotatable bonds is 6. The van der Waals surface area contributed by atoms with Gasteiger partial charge in [-0.15, -0.1) is 0 Å². The lowest BCUT2D eigenvalue weighted by molar-refractivity contribution is 0.0958. The second-order valence-electron chi connectivity index (χ2n) is 4.63. The Labute approximate surface area is 153 Å². The number of benzene rings is 1. The number of halogens is 2. The molecule has 1 aromatic heterocycles. The van der Waals surface area contributed by atoms with Crippen LogP contribution in [-0.4, -0.2) is 23.7 Å². The monoisotopic (exact) mass is 386 g/mol. The van der Waals surface area contributed by atoms with E-state index in [2.05, 4.69) is 15.5 Å². The number of carbonyl (C=O) groups is 1. The van der Waals surface area contributed by atoms with Gasteiger partial charge in [-0.05, 0) is 31.0 Å². The van der Waals surface area contributed by atoms with E-state index in [-0.39, 0.29) is 5.91 Å². The van der Waals surface area contributed by atoms with Crippen LogP contribution in [0.25, 0.3) is 0 Å². The van der Waals surface area contributed by atoms with E-state index < -0.39 is 0 Å². The van der Waals surface area contributed by atoms with Crippen molar-refractivity contribution in [3.63, 3.8) is 0 Å². The van der Waals surface area contributed by atoms with Gasteiger partial charge >= 0.3 is 0 Å². The van der Waals surface area contributed by atoms with Gasteiger partial charge in [0.05, 0.1) is 28.6 Å². The number of hydrogen-bond donors (Lipinski definition) is 2. The molecular weight excluding hydrogens is 371 g/mol. The van der Waals surface area contributed by atoms with Gasteiger partial charge in [0.2, 0.25) is 0 Å².